The molecule has 0 saturated heterocycles. The Balaban J connectivity index is 1.75. The minimum Gasteiger partial charge on any atom is -0.548 e. The Morgan fingerprint density at radius 1 is 1.17 bits per heavy atom. The van der Waals surface area contributed by atoms with Crippen LogP contribution in [-0.4, -0.2) is 43.2 Å². The summed E-state index contributed by atoms with van der Waals surface area (Å²) >= 11 is 0. The molecule has 0 N–H and O–H groups in total. The fourth-order valence-electron chi connectivity index (χ4n) is 2.82. The summed E-state index contributed by atoms with van der Waals surface area (Å²) in [5, 5.41) is 13.9. The number of hydrogen-bond acceptors (Lipinski definition) is 6. The van der Waals surface area contributed by atoms with E-state index in [4.69, 9.17) is 0 Å². The van der Waals surface area contributed by atoms with Crippen molar-refractivity contribution in [3.63, 3.8) is 0 Å². The second-order valence-corrected chi connectivity index (χ2v) is 6.49. The van der Waals surface area contributed by atoms with Gasteiger partial charge in [-0.2, -0.15) is 13.2 Å². The molecule has 0 aliphatic carbocycles. The van der Waals surface area contributed by atoms with Crippen molar-refractivity contribution in [2.45, 2.75) is 18.4 Å². The van der Waals surface area contributed by atoms with E-state index in [2.05, 4.69) is 14.7 Å². The number of carboxylic acid groups (broad SMARTS) is 1. The number of carbonyl (C=O) groups excluding carboxylic acids is 2. The van der Waals surface area contributed by atoms with E-state index in [9.17, 15) is 27.9 Å². The highest BCUT2D eigenvalue weighted by Crippen LogP contribution is 2.42. The fraction of sp³-hybridized carbons (Fsp3) is 0.250. The number of carbonyl (C=O) groups is 2. The number of amides is 1. The highest BCUT2D eigenvalue weighted by atomic mass is 19.4. The predicted molar refractivity (Wildman–Crippen MR) is 97.6 cm³/mol. The average Bonchev–Trinajstić information content (AvgIpc) is 3.18. The van der Waals surface area contributed by atoms with Gasteiger partial charge in [-0.25, -0.2) is 0 Å². The normalized spacial score (nSPS) is 18.5. The number of halogens is 3. The molecule has 0 fully saturated rings. The minimum atomic E-state index is -5.03. The number of anilines is 1. The van der Waals surface area contributed by atoms with Crippen molar-refractivity contribution in [1.82, 2.24) is 0 Å². The fourth-order valence-corrected chi connectivity index (χ4v) is 2.82. The molecule has 30 heavy (non-hydrogen) atoms. The zero-order valence-electron chi connectivity index (χ0n) is 15.7. The van der Waals surface area contributed by atoms with Gasteiger partial charge < -0.3 is 24.4 Å². The van der Waals surface area contributed by atoms with E-state index in [0.717, 1.165) is 0 Å². The number of ether oxygens (including phenoxy) is 1. The lowest BCUT2D eigenvalue weighted by molar-refractivity contribution is -0.379. The zero-order valence-corrected chi connectivity index (χ0v) is 15.7. The number of hydrogen-bond donors (Lipinski definition) is 0. The molecule has 0 radical (unpaired) electrons. The van der Waals surface area contributed by atoms with Crippen LogP contribution in [0.2, 0.25) is 0 Å². The maximum Gasteiger partial charge on any atom is 0.458 e. The van der Waals surface area contributed by atoms with Crippen LogP contribution in [0.5, 0.6) is 0 Å². The van der Waals surface area contributed by atoms with Crippen molar-refractivity contribution in [2.24, 2.45) is 5.16 Å². The zero-order chi connectivity index (χ0) is 21.9. The van der Waals surface area contributed by atoms with Gasteiger partial charge in [0.1, 0.15) is 0 Å². The number of aliphatic carboxylic acids is 1. The first-order valence-electron chi connectivity index (χ1n) is 8.72. The van der Waals surface area contributed by atoms with Gasteiger partial charge in [0.05, 0.1) is 24.7 Å². The van der Waals surface area contributed by atoms with E-state index in [1.165, 1.54) is 29.2 Å². The minimum absolute atomic E-state index is 0.0962. The summed E-state index contributed by atoms with van der Waals surface area (Å²) in [6, 6.07) is 14.7. The number of nitrogens with zero attached hydrogens (tertiary/aromatic N) is 2. The Hall–Kier alpha value is -3.40. The molecule has 0 aromatic heterocycles. The summed E-state index contributed by atoms with van der Waals surface area (Å²) in [6.45, 7) is -1.30. The molecule has 158 valence electrons. The van der Waals surface area contributed by atoms with Crippen molar-refractivity contribution < 1.29 is 37.4 Å². The van der Waals surface area contributed by atoms with Crippen LogP contribution < -0.4 is 10.0 Å². The van der Waals surface area contributed by atoms with Crippen LogP contribution in [0.25, 0.3) is 0 Å². The number of para-hydroxylation sites is 1. The van der Waals surface area contributed by atoms with E-state index in [1.807, 2.05) is 6.07 Å². The third-order valence-electron chi connectivity index (χ3n) is 4.47. The van der Waals surface area contributed by atoms with Crippen molar-refractivity contribution in [3.8, 4) is 0 Å². The first-order chi connectivity index (χ1) is 14.1. The first-order valence-corrected chi connectivity index (χ1v) is 8.72. The van der Waals surface area contributed by atoms with Crippen LogP contribution in [0.15, 0.2) is 59.8 Å². The van der Waals surface area contributed by atoms with Crippen LogP contribution >= 0.6 is 0 Å². The molecule has 1 atom stereocenters. The standard InChI is InChI=1S/C20H17F3N2O5/c1-25(15-5-3-2-4-6-15)18(28)14-9-7-13(8-10-14)16-11-19(30-24-16,20(21,22)23)29-12-17(26)27/h2-10H,11-12H2,1H3,(H,26,27)/p-1. The maximum atomic E-state index is 13.4. The Morgan fingerprint density at radius 3 is 2.37 bits per heavy atom. The molecule has 2 aromatic rings. The molecule has 10 heteroatoms. The number of rotatable bonds is 6. The van der Waals surface area contributed by atoms with Gasteiger partial charge in [0.2, 0.25) is 0 Å². The van der Waals surface area contributed by atoms with E-state index < -0.39 is 31.0 Å². The molecular weight excluding hydrogens is 405 g/mol. The molecular formula is C20H16F3N2O5-. The van der Waals surface area contributed by atoms with Gasteiger partial charge in [0.25, 0.3) is 5.91 Å². The molecule has 0 saturated carbocycles. The van der Waals surface area contributed by atoms with Gasteiger partial charge in [0, 0.05) is 18.3 Å². The molecule has 1 unspecified atom stereocenters. The summed E-state index contributed by atoms with van der Waals surface area (Å²) in [6.07, 6.45) is -5.87. The van der Waals surface area contributed by atoms with Crippen LogP contribution in [0.3, 0.4) is 0 Å². The summed E-state index contributed by atoms with van der Waals surface area (Å²) in [7, 11) is 1.60. The second-order valence-electron chi connectivity index (χ2n) is 6.49. The summed E-state index contributed by atoms with van der Waals surface area (Å²) in [4.78, 5) is 29.0. The highest BCUT2D eigenvalue weighted by Gasteiger charge is 2.63. The van der Waals surface area contributed by atoms with Crippen molar-refractivity contribution in [3.05, 3.63) is 65.7 Å². The van der Waals surface area contributed by atoms with E-state index in [1.54, 1.807) is 31.3 Å². The first kappa shape index (κ1) is 21.3. The predicted octanol–water partition coefficient (Wildman–Crippen LogP) is 2.11. The van der Waals surface area contributed by atoms with E-state index >= 15 is 0 Å². The lowest BCUT2D eigenvalue weighted by atomic mass is 10.0. The Bertz CT molecular complexity index is 961. The molecule has 7 nitrogen and oxygen atoms in total. The summed E-state index contributed by atoms with van der Waals surface area (Å²) < 4.78 is 44.6. The van der Waals surface area contributed by atoms with Crippen LogP contribution in [-0.2, 0) is 14.4 Å². The van der Waals surface area contributed by atoms with Crippen LogP contribution in [0.1, 0.15) is 22.3 Å². The number of oxime groups is 1. The topological polar surface area (TPSA) is 91.3 Å². The quantitative estimate of drug-likeness (QED) is 0.713. The maximum absolute atomic E-state index is 13.4. The SMILES string of the molecule is CN(C(=O)c1ccc(C2=NOC(OCC(=O)[O-])(C(F)(F)F)C2)cc1)c1ccccc1. The molecule has 0 spiro atoms. The van der Waals surface area contributed by atoms with Gasteiger partial charge in [-0.05, 0) is 29.8 Å². The van der Waals surface area contributed by atoms with Gasteiger partial charge in [-0.3, -0.25) is 4.79 Å². The Morgan fingerprint density at radius 2 is 1.80 bits per heavy atom. The van der Waals surface area contributed by atoms with Gasteiger partial charge >= 0.3 is 12.0 Å². The monoisotopic (exact) mass is 421 g/mol. The molecule has 0 bridgehead atoms. The van der Waals surface area contributed by atoms with Crippen molar-refractivity contribution in [2.75, 3.05) is 18.6 Å². The van der Waals surface area contributed by atoms with Gasteiger partial charge in [-0.15, -0.1) is 0 Å². The average molecular weight is 421 g/mol. The van der Waals surface area contributed by atoms with E-state index in [0.29, 0.717) is 11.3 Å². The summed E-state index contributed by atoms with van der Waals surface area (Å²) in [5.74, 6) is -5.33. The van der Waals surface area contributed by atoms with Crippen LogP contribution in [0.4, 0.5) is 18.9 Å². The second kappa shape index (κ2) is 8.15. The van der Waals surface area contributed by atoms with Crippen molar-refractivity contribution >= 4 is 23.3 Å². The number of alkyl halides is 3. The number of benzene rings is 2. The largest absolute Gasteiger partial charge is 0.548 e. The van der Waals surface area contributed by atoms with Crippen LogP contribution in [0, 0.1) is 0 Å². The number of carboxylic acids is 1. The van der Waals surface area contributed by atoms with Gasteiger partial charge in [0.15, 0.2) is 0 Å². The smallest absolute Gasteiger partial charge is 0.458 e. The molecule has 2 aromatic carbocycles. The molecule has 3 rings (SSSR count). The Labute approximate surface area is 169 Å². The molecule has 1 heterocycles. The Kier molecular flexibility index (Phi) is 5.79. The highest BCUT2D eigenvalue weighted by molar-refractivity contribution is 6.07. The third kappa shape index (κ3) is 4.28. The lowest BCUT2D eigenvalue weighted by Crippen LogP contribution is -2.50. The van der Waals surface area contributed by atoms with E-state index in [-0.39, 0.29) is 17.2 Å². The van der Waals surface area contributed by atoms with Crippen molar-refractivity contribution in [1.29, 1.82) is 0 Å². The van der Waals surface area contributed by atoms with Gasteiger partial charge in [-0.1, -0.05) is 35.5 Å². The molecule has 1 aliphatic heterocycles. The summed E-state index contributed by atoms with van der Waals surface area (Å²) in [5.41, 5.74) is 1.18. The molecule has 1 aliphatic rings. The molecule has 1 amide bonds. The lowest BCUT2D eigenvalue weighted by Gasteiger charge is -2.28. The third-order valence-corrected chi connectivity index (χ3v) is 4.47.